The van der Waals surface area contributed by atoms with Crippen molar-refractivity contribution in [3.8, 4) is 5.75 Å². The fourth-order valence-corrected chi connectivity index (χ4v) is 3.93. The summed E-state index contributed by atoms with van der Waals surface area (Å²) in [5.41, 5.74) is 0.902. The zero-order chi connectivity index (χ0) is 15.7. The average Bonchev–Trinajstić information content (AvgIpc) is 2.54. The van der Waals surface area contributed by atoms with E-state index < -0.39 is 0 Å². The van der Waals surface area contributed by atoms with Gasteiger partial charge in [0, 0.05) is 32.3 Å². The predicted octanol–water partition coefficient (Wildman–Crippen LogP) is 4.38. The molecule has 0 aliphatic heterocycles. The van der Waals surface area contributed by atoms with Crippen molar-refractivity contribution >= 4 is 43.9 Å². The highest BCUT2D eigenvalue weighted by Gasteiger charge is 2.14. The maximum absolute atomic E-state index is 12.7. The molecule has 2 aromatic carbocycles. The van der Waals surface area contributed by atoms with Crippen LogP contribution in [0, 0.1) is 0 Å². The van der Waals surface area contributed by atoms with Crippen molar-refractivity contribution in [3.63, 3.8) is 0 Å². The molecule has 0 aliphatic rings. The highest BCUT2D eigenvalue weighted by Crippen LogP contribution is 2.33. The summed E-state index contributed by atoms with van der Waals surface area (Å²) in [5.74, 6) is 0.269. The molecule has 3 rings (SSSR count). The molecule has 3 nitrogen and oxygen atoms in total. The number of hydrogen-bond donors (Lipinski definition) is 1. The number of phenolic OH excluding ortho intramolecular Hbond substituents is 1. The summed E-state index contributed by atoms with van der Waals surface area (Å²) in [6.45, 7) is 6.68. The van der Waals surface area contributed by atoms with Crippen molar-refractivity contribution in [2.75, 3.05) is 13.1 Å². The zero-order valence-corrected chi connectivity index (χ0v) is 14.8. The second kappa shape index (κ2) is 7.30. The summed E-state index contributed by atoms with van der Waals surface area (Å²) >= 11 is 1.58. The molecule has 3 aromatic rings. The first-order valence-electron chi connectivity index (χ1n) is 7.54. The highest BCUT2D eigenvalue weighted by atomic mass is 35.5. The van der Waals surface area contributed by atoms with Crippen LogP contribution in [0.5, 0.6) is 5.75 Å². The SMILES string of the molecule is CCN(CC)Cc1c(O)ccc2c(=O)c3ccccc3sc12.Cl. The Kier molecular flexibility index (Phi) is 5.63. The fourth-order valence-electron chi connectivity index (χ4n) is 2.73. The largest absolute Gasteiger partial charge is 0.508 e. The van der Waals surface area contributed by atoms with E-state index in [2.05, 4.69) is 18.7 Å². The Bertz CT molecular complexity index is 887. The summed E-state index contributed by atoms with van der Waals surface area (Å²) in [4.78, 5) is 14.9. The van der Waals surface area contributed by atoms with Crippen LogP contribution >= 0.6 is 23.7 Å². The minimum atomic E-state index is 0. The van der Waals surface area contributed by atoms with Crippen LogP contribution in [0.2, 0.25) is 0 Å². The molecule has 0 saturated heterocycles. The van der Waals surface area contributed by atoms with Crippen LogP contribution < -0.4 is 5.43 Å². The Morgan fingerprint density at radius 3 is 2.43 bits per heavy atom. The van der Waals surface area contributed by atoms with E-state index in [0.717, 1.165) is 33.4 Å². The molecule has 5 heteroatoms. The van der Waals surface area contributed by atoms with E-state index in [1.54, 1.807) is 23.5 Å². The molecule has 0 aliphatic carbocycles. The number of nitrogens with zero attached hydrogens (tertiary/aromatic N) is 1. The van der Waals surface area contributed by atoms with Gasteiger partial charge in [-0.2, -0.15) is 0 Å². The molecule has 122 valence electrons. The van der Waals surface area contributed by atoms with Crippen molar-refractivity contribution < 1.29 is 5.11 Å². The van der Waals surface area contributed by atoms with Crippen LogP contribution in [0.4, 0.5) is 0 Å². The quantitative estimate of drug-likeness (QED) is 0.710. The van der Waals surface area contributed by atoms with Crippen LogP contribution in [0.1, 0.15) is 19.4 Å². The fraction of sp³-hybridized carbons (Fsp3) is 0.278. The minimum absolute atomic E-state index is 0. The number of halogens is 1. The molecule has 0 amide bonds. The molecule has 23 heavy (non-hydrogen) atoms. The van der Waals surface area contributed by atoms with Crippen LogP contribution in [0.25, 0.3) is 20.2 Å². The molecular weight excluding hydrogens is 330 g/mol. The van der Waals surface area contributed by atoms with E-state index in [1.807, 2.05) is 24.3 Å². The van der Waals surface area contributed by atoms with Crippen LogP contribution in [0.3, 0.4) is 0 Å². The summed E-state index contributed by atoms with van der Waals surface area (Å²) in [7, 11) is 0. The molecule has 0 saturated carbocycles. The van der Waals surface area contributed by atoms with Crippen molar-refractivity contribution in [2.45, 2.75) is 20.4 Å². The number of hydrogen-bond acceptors (Lipinski definition) is 4. The lowest BCUT2D eigenvalue weighted by Crippen LogP contribution is -2.22. The third-order valence-electron chi connectivity index (χ3n) is 4.10. The molecule has 0 atom stereocenters. The maximum Gasteiger partial charge on any atom is 0.195 e. The average molecular weight is 350 g/mol. The molecule has 1 N–H and O–H groups in total. The smallest absolute Gasteiger partial charge is 0.195 e. The number of fused-ring (bicyclic) bond motifs is 2. The maximum atomic E-state index is 12.7. The molecule has 1 aromatic heterocycles. The van der Waals surface area contributed by atoms with E-state index in [0.29, 0.717) is 11.9 Å². The van der Waals surface area contributed by atoms with E-state index in [-0.39, 0.29) is 23.6 Å². The minimum Gasteiger partial charge on any atom is -0.508 e. The van der Waals surface area contributed by atoms with E-state index in [4.69, 9.17) is 0 Å². The number of aromatic hydroxyl groups is 1. The summed E-state index contributed by atoms with van der Waals surface area (Å²) in [6, 6.07) is 11.0. The Balaban J connectivity index is 0.00000192. The Morgan fingerprint density at radius 1 is 1.04 bits per heavy atom. The van der Waals surface area contributed by atoms with Gasteiger partial charge >= 0.3 is 0 Å². The predicted molar refractivity (Wildman–Crippen MR) is 101 cm³/mol. The molecule has 0 unspecified atom stereocenters. The Hall–Kier alpha value is -1.62. The highest BCUT2D eigenvalue weighted by molar-refractivity contribution is 7.24. The number of phenols is 1. The van der Waals surface area contributed by atoms with Crippen LogP contribution in [0.15, 0.2) is 41.2 Å². The van der Waals surface area contributed by atoms with Gasteiger partial charge in [0.1, 0.15) is 5.75 Å². The van der Waals surface area contributed by atoms with Gasteiger partial charge in [-0.15, -0.1) is 23.7 Å². The van der Waals surface area contributed by atoms with Gasteiger partial charge in [0.15, 0.2) is 5.43 Å². The first-order valence-corrected chi connectivity index (χ1v) is 8.36. The van der Waals surface area contributed by atoms with Crippen molar-refractivity contribution in [1.82, 2.24) is 4.90 Å². The lowest BCUT2D eigenvalue weighted by molar-refractivity contribution is 0.292. The van der Waals surface area contributed by atoms with E-state index in [9.17, 15) is 9.90 Å². The third kappa shape index (κ3) is 3.20. The van der Waals surface area contributed by atoms with Crippen molar-refractivity contribution in [2.24, 2.45) is 0 Å². The monoisotopic (exact) mass is 349 g/mol. The van der Waals surface area contributed by atoms with Gasteiger partial charge in [0.2, 0.25) is 0 Å². The third-order valence-corrected chi connectivity index (χ3v) is 5.35. The zero-order valence-electron chi connectivity index (χ0n) is 13.2. The van der Waals surface area contributed by atoms with Gasteiger partial charge in [-0.3, -0.25) is 9.69 Å². The van der Waals surface area contributed by atoms with Gasteiger partial charge in [0.05, 0.1) is 0 Å². The van der Waals surface area contributed by atoms with Gasteiger partial charge in [-0.1, -0.05) is 26.0 Å². The summed E-state index contributed by atoms with van der Waals surface area (Å²) < 4.78 is 1.86. The topological polar surface area (TPSA) is 40.5 Å². The molecule has 0 bridgehead atoms. The molecule has 0 fully saturated rings. The standard InChI is InChI=1S/C18H19NO2S.ClH/c1-3-19(4-2)11-14-15(20)10-9-13-17(21)12-7-5-6-8-16(12)22-18(13)14;/h5-10,20H,3-4,11H2,1-2H3;1H. The second-order valence-electron chi connectivity index (χ2n) is 5.33. The lowest BCUT2D eigenvalue weighted by atomic mass is 10.1. The number of benzene rings is 2. The molecule has 1 heterocycles. The van der Waals surface area contributed by atoms with Gasteiger partial charge < -0.3 is 5.11 Å². The summed E-state index contributed by atoms with van der Waals surface area (Å²) in [6.07, 6.45) is 0. The van der Waals surface area contributed by atoms with Crippen molar-refractivity contribution in [3.05, 3.63) is 52.2 Å². The second-order valence-corrected chi connectivity index (χ2v) is 6.38. The van der Waals surface area contributed by atoms with Crippen LogP contribution in [-0.2, 0) is 6.54 Å². The molecular formula is C18H20ClNO2S. The first kappa shape index (κ1) is 17.7. The molecule has 0 spiro atoms. The van der Waals surface area contributed by atoms with Crippen LogP contribution in [-0.4, -0.2) is 23.1 Å². The Labute approximate surface area is 145 Å². The Morgan fingerprint density at radius 2 is 1.74 bits per heavy atom. The lowest BCUT2D eigenvalue weighted by Gasteiger charge is -2.19. The normalized spacial score (nSPS) is 11.1. The summed E-state index contributed by atoms with van der Waals surface area (Å²) in [5, 5.41) is 11.7. The van der Waals surface area contributed by atoms with E-state index in [1.165, 1.54) is 0 Å². The van der Waals surface area contributed by atoms with Gasteiger partial charge in [-0.05, 0) is 37.4 Å². The first-order chi connectivity index (χ1) is 10.7. The number of rotatable bonds is 4. The van der Waals surface area contributed by atoms with E-state index >= 15 is 0 Å². The van der Waals surface area contributed by atoms with Gasteiger partial charge in [0.25, 0.3) is 0 Å². The van der Waals surface area contributed by atoms with Crippen molar-refractivity contribution in [1.29, 1.82) is 0 Å². The molecule has 0 radical (unpaired) electrons. The van der Waals surface area contributed by atoms with Gasteiger partial charge in [-0.25, -0.2) is 0 Å².